The van der Waals surface area contributed by atoms with Crippen molar-refractivity contribution in [2.75, 3.05) is 7.11 Å². The Morgan fingerprint density at radius 2 is 2.00 bits per heavy atom. The molecule has 0 heterocycles. The van der Waals surface area contributed by atoms with Crippen LogP contribution in [0.25, 0.3) is 0 Å². The number of esters is 1. The van der Waals surface area contributed by atoms with Gasteiger partial charge in [-0.15, -0.1) is 0 Å². The molecule has 1 aromatic rings. The molecule has 5 heteroatoms. The quantitative estimate of drug-likeness (QED) is 0.616. The van der Waals surface area contributed by atoms with Crippen molar-refractivity contribution >= 4 is 28.6 Å². The molecule has 0 N–H and O–H groups in total. The Morgan fingerprint density at radius 1 is 1.40 bits per heavy atom. The first kappa shape index (κ1) is 12.4. The molecular formula is C10H9F2IO2. The van der Waals surface area contributed by atoms with E-state index in [1.165, 1.54) is 19.2 Å². The molecule has 0 spiro atoms. The number of hydrogen-bond donors (Lipinski definition) is 0. The smallest absolute Gasteiger partial charge is 0.337 e. The molecule has 0 amide bonds. The van der Waals surface area contributed by atoms with E-state index in [0.717, 1.165) is 13.0 Å². The van der Waals surface area contributed by atoms with Crippen molar-refractivity contribution in [1.29, 1.82) is 0 Å². The molecule has 1 rings (SSSR count). The van der Waals surface area contributed by atoms with Crippen LogP contribution in [0, 0.1) is 3.57 Å². The van der Waals surface area contributed by atoms with Gasteiger partial charge in [0.15, 0.2) is 0 Å². The molecule has 0 atom stereocenters. The van der Waals surface area contributed by atoms with Gasteiger partial charge in [0.25, 0.3) is 5.92 Å². The largest absolute Gasteiger partial charge is 0.465 e. The Morgan fingerprint density at radius 3 is 2.47 bits per heavy atom. The van der Waals surface area contributed by atoms with Crippen molar-refractivity contribution in [3.63, 3.8) is 0 Å². The van der Waals surface area contributed by atoms with Gasteiger partial charge in [-0.25, -0.2) is 13.6 Å². The van der Waals surface area contributed by atoms with Crippen molar-refractivity contribution in [1.82, 2.24) is 0 Å². The van der Waals surface area contributed by atoms with Crippen LogP contribution in [0.2, 0.25) is 0 Å². The monoisotopic (exact) mass is 326 g/mol. The molecule has 0 saturated heterocycles. The van der Waals surface area contributed by atoms with Crippen LogP contribution in [0.1, 0.15) is 22.8 Å². The minimum absolute atomic E-state index is 0.140. The van der Waals surface area contributed by atoms with E-state index >= 15 is 0 Å². The number of carbonyl (C=O) groups excluding carboxylic acids is 1. The summed E-state index contributed by atoms with van der Waals surface area (Å²) in [5.41, 5.74) is -0.0456. The van der Waals surface area contributed by atoms with Gasteiger partial charge in [0, 0.05) is 16.1 Å². The fourth-order valence-electron chi connectivity index (χ4n) is 1.08. The molecule has 0 aliphatic rings. The number of carbonyl (C=O) groups is 1. The standard InChI is InChI=1S/C10H9F2IO2/c1-10(11,12)7-3-6(9(14)15-2)4-8(13)5-7/h3-5H,1-2H3. The first-order chi connectivity index (χ1) is 6.84. The predicted octanol–water partition coefficient (Wildman–Crippen LogP) is 3.19. The molecule has 1 aromatic carbocycles. The van der Waals surface area contributed by atoms with Gasteiger partial charge in [0.05, 0.1) is 12.7 Å². The lowest BCUT2D eigenvalue weighted by Gasteiger charge is -2.12. The summed E-state index contributed by atoms with van der Waals surface area (Å²) < 4.78 is 31.1. The highest BCUT2D eigenvalue weighted by molar-refractivity contribution is 14.1. The average molecular weight is 326 g/mol. The molecule has 15 heavy (non-hydrogen) atoms. The lowest BCUT2D eigenvalue weighted by Crippen LogP contribution is -2.10. The fraction of sp³-hybridized carbons (Fsp3) is 0.300. The van der Waals surface area contributed by atoms with Crippen LogP contribution in [0.15, 0.2) is 18.2 Å². The lowest BCUT2D eigenvalue weighted by atomic mass is 10.1. The second kappa shape index (κ2) is 4.42. The first-order valence-electron chi connectivity index (χ1n) is 4.12. The zero-order chi connectivity index (χ0) is 11.6. The summed E-state index contributed by atoms with van der Waals surface area (Å²) in [7, 11) is 1.21. The van der Waals surface area contributed by atoms with Crippen LogP contribution in [0.3, 0.4) is 0 Å². The summed E-state index contributed by atoms with van der Waals surface area (Å²) in [5, 5.41) is 0. The first-order valence-corrected chi connectivity index (χ1v) is 5.19. The molecule has 0 unspecified atom stereocenters. The van der Waals surface area contributed by atoms with Crippen LogP contribution in [-0.2, 0) is 10.7 Å². The third-order valence-corrected chi connectivity index (χ3v) is 2.45. The highest BCUT2D eigenvalue weighted by Gasteiger charge is 2.25. The zero-order valence-electron chi connectivity index (χ0n) is 8.18. The Balaban J connectivity index is 3.23. The Kier molecular flexibility index (Phi) is 3.64. The highest BCUT2D eigenvalue weighted by Crippen LogP contribution is 2.29. The SMILES string of the molecule is COC(=O)c1cc(I)cc(C(C)(F)F)c1. The van der Waals surface area contributed by atoms with E-state index in [0.29, 0.717) is 3.57 Å². The van der Waals surface area contributed by atoms with Crippen molar-refractivity contribution in [2.45, 2.75) is 12.8 Å². The lowest BCUT2D eigenvalue weighted by molar-refractivity contribution is 0.0173. The minimum atomic E-state index is -2.95. The summed E-state index contributed by atoms with van der Waals surface area (Å²) in [6.45, 7) is 0.791. The number of benzene rings is 1. The van der Waals surface area contributed by atoms with Gasteiger partial charge in [-0.1, -0.05) is 0 Å². The van der Waals surface area contributed by atoms with Crippen LogP contribution in [0.5, 0.6) is 0 Å². The van der Waals surface area contributed by atoms with Gasteiger partial charge in [0.1, 0.15) is 0 Å². The van der Waals surface area contributed by atoms with Gasteiger partial charge in [-0.3, -0.25) is 0 Å². The highest BCUT2D eigenvalue weighted by atomic mass is 127. The molecule has 0 aromatic heterocycles. The predicted molar refractivity (Wildman–Crippen MR) is 60.1 cm³/mol. The van der Waals surface area contributed by atoms with E-state index in [2.05, 4.69) is 4.74 Å². The van der Waals surface area contributed by atoms with Gasteiger partial charge in [-0.2, -0.15) is 0 Å². The van der Waals surface area contributed by atoms with Crippen molar-refractivity contribution in [3.05, 3.63) is 32.9 Å². The second-order valence-corrected chi connectivity index (χ2v) is 4.35. The maximum absolute atomic E-state index is 13.0. The van der Waals surface area contributed by atoms with Gasteiger partial charge >= 0.3 is 5.97 Å². The second-order valence-electron chi connectivity index (χ2n) is 3.11. The summed E-state index contributed by atoms with van der Waals surface area (Å²) in [6.07, 6.45) is 0. The van der Waals surface area contributed by atoms with Gasteiger partial charge < -0.3 is 4.74 Å². The molecule has 0 radical (unpaired) electrons. The van der Waals surface area contributed by atoms with E-state index in [4.69, 9.17) is 0 Å². The van der Waals surface area contributed by atoms with Crippen LogP contribution >= 0.6 is 22.6 Å². The van der Waals surface area contributed by atoms with Crippen LogP contribution in [0.4, 0.5) is 8.78 Å². The third-order valence-electron chi connectivity index (χ3n) is 1.83. The molecule has 0 bridgehead atoms. The number of alkyl halides is 2. The summed E-state index contributed by atoms with van der Waals surface area (Å²) in [4.78, 5) is 11.2. The Bertz CT molecular complexity index is 385. The number of ether oxygens (including phenoxy) is 1. The van der Waals surface area contributed by atoms with Crippen LogP contribution < -0.4 is 0 Å². The van der Waals surface area contributed by atoms with Gasteiger partial charge in [-0.05, 0) is 40.8 Å². The molecular weight excluding hydrogens is 317 g/mol. The maximum Gasteiger partial charge on any atom is 0.337 e. The fourth-order valence-corrected chi connectivity index (χ4v) is 1.75. The molecule has 2 nitrogen and oxygen atoms in total. The molecule has 0 aliphatic heterocycles. The maximum atomic E-state index is 13.0. The number of halogens is 3. The van der Waals surface area contributed by atoms with Gasteiger partial charge in [0.2, 0.25) is 0 Å². The summed E-state index contributed by atoms with van der Waals surface area (Å²) in [6, 6.07) is 3.99. The molecule has 0 fully saturated rings. The average Bonchev–Trinajstić information content (AvgIpc) is 2.14. The van der Waals surface area contributed by atoms with E-state index in [1.54, 1.807) is 0 Å². The van der Waals surface area contributed by atoms with Crippen molar-refractivity contribution in [2.24, 2.45) is 0 Å². The minimum Gasteiger partial charge on any atom is -0.465 e. The zero-order valence-corrected chi connectivity index (χ0v) is 10.3. The van der Waals surface area contributed by atoms with Crippen LogP contribution in [-0.4, -0.2) is 13.1 Å². The van der Waals surface area contributed by atoms with E-state index in [-0.39, 0.29) is 11.1 Å². The number of hydrogen-bond acceptors (Lipinski definition) is 2. The van der Waals surface area contributed by atoms with Crippen molar-refractivity contribution in [3.8, 4) is 0 Å². The normalized spacial score (nSPS) is 11.3. The number of methoxy groups -OCH3 is 1. The number of rotatable bonds is 2. The molecule has 0 aliphatic carbocycles. The Hall–Kier alpha value is -0.720. The molecule has 82 valence electrons. The third kappa shape index (κ3) is 3.12. The topological polar surface area (TPSA) is 26.3 Å². The van der Waals surface area contributed by atoms with Crippen molar-refractivity contribution < 1.29 is 18.3 Å². The molecule has 0 saturated carbocycles. The van der Waals surface area contributed by atoms with E-state index in [1.807, 2.05) is 22.6 Å². The summed E-state index contributed by atoms with van der Waals surface area (Å²) in [5.74, 6) is -3.57. The van der Waals surface area contributed by atoms with E-state index in [9.17, 15) is 13.6 Å². The summed E-state index contributed by atoms with van der Waals surface area (Å²) >= 11 is 1.88. The Labute approximate surface area is 99.8 Å². The van der Waals surface area contributed by atoms with E-state index < -0.39 is 11.9 Å².